The van der Waals surface area contributed by atoms with Crippen molar-refractivity contribution in [3.8, 4) is 44.5 Å². The van der Waals surface area contributed by atoms with Crippen LogP contribution >= 0.6 is 0 Å². The molecule has 5 unspecified atom stereocenters. The molecule has 3 saturated carbocycles. The molecule has 1 nitrogen and oxygen atoms in total. The average Bonchev–Trinajstić information content (AvgIpc) is 3.69. The van der Waals surface area contributed by atoms with Crippen molar-refractivity contribution in [3.63, 3.8) is 0 Å². The summed E-state index contributed by atoms with van der Waals surface area (Å²) < 4.78 is 0. The molecule has 8 aromatic rings. The minimum atomic E-state index is 0.158. The predicted molar refractivity (Wildman–Crippen MR) is 238 cm³/mol. The van der Waals surface area contributed by atoms with E-state index in [4.69, 9.17) is 0 Å². The van der Waals surface area contributed by atoms with E-state index in [9.17, 15) is 0 Å². The molecule has 0 radical (unpaired) electrons. The Morgan fingerprint density at radius 2 is 0.965 bits per heavy atom. The highest BCUT2D eigenvalue weighted by molar-refractivity contribution is 5.90. The van der Waals surface area contributed by atoms with Crippen molar-refractivity contribution in [3.05, 3.63) is 199 Å². The van der Waals surface area contributed by atoms with Gasteiger partial charge in [-0.1, -0.05) is 146 Å². The minimum Gasteiger partial charge on any atom is -0.310 e. The Bertz CT molecular complexity index is 2780. The van der Waals surface area contributed by atoms with Gasteiger partial charge in [-0.25, -0.2) is 0 Å². The van der Waals surface area contributed by atoms with Crippen LogP contribution in [-0.4, -0.2) is 0 Å². The minimum absolute atomic E-state index is 0.158. The van der Waals surface area contributed by atoms with Crippen LogP contribution < -0.4 is 4.90 Å². The SMILES string of the molecule is c1ccc(-c2ccc(-c3ccc(N(c4ccc(-c5ccc6ccccc6c5)cc4)c4ccc5c(c4)-c4ccccc4C54CCC5CC6CC4C6C5)cc3)cc2)cc1. The van der Waals surface area contributed by atoms with Gasteiger partial charge in [0.2, 0.25) is 0 Å². The van der Waals surface area contributed by atoms with Crippen molar-refractivity contribution in [2.24, 2.45) is 23.7 Å². The van der Waals surface area contributed by atoms with Gasteiger partial charge in [-0.05, 0) is 165 Å². The molecular formula is C56H45N. The van der Waals surface area contributed by atoms with Gasteiger partial charge in [-0.15, -0.1) is 0 Å². The largest absolute Gasteiger partial charge is 0.310 e. The normalized spacial score (nSPS) is 22.5. The molecule has 0 aliphatic heterocycles. The molecule has 0 amide bonds. The van der Waals surface area contributed by atoms with Crippen molar-refractivity contribution in [1.82, 2.24) is 0 Å². The standard InChI is InChI=1S/C56H45N/c1-2-8-38(9-3-1)40-14-16-41(17-15-40)42-20-24-47(25-21-42)57(48-26-22-43(23-27-48)45-19-18-39-10-4-5-11-44(39)34-45)49-28-29-54-52(36-49)50-12-6-7-13-53(50)56(54)31-30-37-32-46-35-55(56)51(46)33-37/h1-29,34,36-37,46,51,55H,30-33,35H2. The topological polar surface area (TPSA) is 3.24 Å². The molecule has 0 N–H and O–H groups in total. The Morgan fingerprint density at radius 1 is 0.404 bits per heavy atom. The molecule has 5 atom stereocenters. The van der Waals surface area contributed by atoms with Gasteiger partial charge in [0.25, 0.3) is 0 Å². The summed E-state index contributed by atoms with van der Waals surface area (Å²) in [4.78, 5) is 2.47. The van der Waals surface area contributed by atoms with Crippen LogP contribution in [0.4, 0.5) is 17.1 Å². The fourth-order valence-electron chi connectivity index (χ4n) is 11.9. The van der Waals surface area contributed by atoms with Crippen LogP contribution in [-0.2, 0) is 5.41 Å². The van der Waals surface area contributed by atoms with E-state index in [0.29, 0.717) is 0 Å². The van der Waals surface area contributed by atoms with Crippen LogP contribution in [0.1, 0.15) is 43.2 Å². The third-order valence-electron chi connectivity index (χ3n) is 14.6. The maximum Gasteiger partial charge on any atom is 0.0468 e. The summed E-state index contributed by atoms with van der Waals surface area (Å²) in [6.45, 7) is 0. The van der Waals surface area contributed by atoms with Crippen molar-refractivity contribution in [1.29, 1.82) is 0 Å². The number of fused-ring (bicyclic) bond motifs is 8. The van der Waals surface area contributed by atoms with Gasteiger partial charge in [0.1, 0.15) is 0 Å². The van der Waals surface area contributed by atoms with E-state index in [-0.39, 0.29) is 5.41 Å². The first-order valence-corrected chi connectivity index (χ1v) is 21.1. The van der Waals surface area contributed by atoms with Gasteiger partial charge >= 0.3 is 0 Å². The van der Waals surface area contributed by atoms with Crippen molar-refractivity contribution < 1.29 is 0 Å². The van der Waals surface area contributed by atoms with E-state index in [1.807, 2.05) is 0 Å². The summed E-state index contributed by atoms with van der Waals surface area (Å²) in [6.07, 6.45) is 7.02. The molecule has 2 bridgehead atoms. The second kappa shape index (κ2) is 12.9. The van der Waals surface area contributed by atoms with E-state index >= 15 is 0 Å². The molecule has 4 aliphatic carbocycles. The first-order valence-electron chi connectivity index (χ1n) is 21.1. The third kappa shape index (κ3) is 5.21. The van der Waals surface area contributed by atoms with E-state index in [0.717, 1.165) is 35.0 Å². The lowest BCUT2D eigenvalue weighted by molar-refractivity contribution is 0.0400. The molecule has 274 valence electrons. The molecule has 57 heavy (non-hydrogen) atoms. The zero-order valence-corrected chi connectivity index (χ0v) is 32.2. The van der Waals surface area contributed by atoms with E-state index in [1.165, 1.54) is 93.1 Å². The fraction of sp³-hybridized carbons (Fsp3) is 0.179. The molecule has 8 aromatic carbocycles. The van der Waals surface area contributed by atoms with Crippen LogP contribution in [0.3, 0.4) is 0 Å². The average molecular weight is 732 g/mol. The highest BCUT2D eigenvalue weighted by atomic mass is 15.1. The van der Waals surface area contributed by atoms with Crippen LogP contribution in [0.2, 0.25) is 0 Å². The van der Waals surface area contributed by atoms with Crippen molar-refractivity contribution >= 4 is 27.8 Å². The van der Waals surface area contributed by atoms with Gasteiger partial charge in [0, 0.05) is 22.5 Å². The smallest absolute Gasteiger partial charge is 0.0468 e. The molecule has 12 rings (SSSR count). The number of hydrogen-bond donors (Lipinski definition) is 0. The third-order valence-corrected chi connectivity index (χ3v) is 14.6. The van der Waals surface area contributed by atoms with Gasteiger partial charge in [0.05, 0.1) is 0 Å². The zero-order chi connectivity index (χ0) is 37.5. The Balaban J connectivity index is 0.949. The molecule has 3 fully saturated rings. The lowest BCUT2D eigenvalue weighted by Gasteiger charge is -2.52. The first-order chi connectivity index (χ1) is 28.2. The summed E-state index contributed by atoms with van der Waals surface area (Å²) in [5.74, 6) is 3.57. The van der Waals surface area contributed by atoms with E-state index in [1.54, 1.807) is 11.1 Å². The Morgan fingerprint density at radius 3 is 1.70 bits per heavy atom. The Labute approximate surface area is 336 Å². The maximum atomic E-state index is 2.54. The molecule has 1 heteroatoms. The second-order valence-corrected chi connectivity index (χ2v) is 17.3. The van der Waals surface area contributed by atoms with Crippen LogP contribution in [0, 0.1) is 23.7 Å². The van der Waals surface area contributed by atoms with E-state index < -0.39 is 0 Å². The molecule has 0 heterocycles. The van der Waals surface area contributed by atoms with Gasteiger partial charge in [-0.3, -0.25) is 0 Å². The number of anilines is 3. The lowest BCUT2D eigenvalue weighted by atomic mass is 9.51. The molecule has 1 spiro atoms. The zero-order valence-electron chi connectivity index (χ0n) is 32.2. The number of benzene rings is 8. The molecule has 4 aliphatic rings. The number of rotatable bonds is 6. The quantitative estimate of drug-likeness (QED) is 0.165. The van der Waals surface area contributed by atoms with Crippen LogP contribution in [0.25, 0.3) is 55.3 Å². The van der Waals surface area contributed by atoms with Crippen molar-refractivity contribution in [2.45, 2.75) is 37.5 Å². The van der Waals surface area contributed by atoms with Gasteiger partial charge in [0.15, 0.2) is 0 Å². The maximum absolute atomic E-state index is 2.54. The number of nitrogens with zero attached hydrogens (tertiary/aromatic N) is 1. The van der Waals surface area contributed by atoms with Gasteiger partial charge in [-0.2, -0.15) is 0 Å². The first kappa shape index (κ1) is 33.0. The van der Waals surface area contributed by atoms with E-state index in [2.05, 4.69) is 193 Å². The summed E-state index contributed by atoms with van der Waals surface area (Å²) >= 11 is 0. The summed E-state index contributed by atoms with van der Waals surface area (Å²) in [6, 6.07) is 70.3. The van der Waals surface area contributed by atoms with Crippen molar-refractivity contribution in [2.75, 3.05) is 4.90 Å². The lowest BCUT2D eigenvalue weighted by Crippen LogP contribution is -2.47. The Hall–Kier alpha value is -6.18. The predicted octanol–water partition coefficient (Wildman–Crippen LogP) is 15.0. The fourth-order valence-corrected chi connectivity index (χ4v) is 11.9. The van der Waals surface area contributed by atoms with Gasteiger partial charge < -0.3 is 4.90 Å². The summed E-state index contributed by atoms with van der Waals surface area (Å²) in [5, 5.41) is 2.54. The number of hydrogen-bond acceptors (Lipinski definition) is 1. The van der Waals surface area contributed by atoms with Crippen LogP contribution in [0.15, 0.2) is 188 Å². The second-order valence-electron chi connectivity index (χ2n) is 17.3. The Kier molecular flexibility index (Phi) is 7.49. The molecule has 0 aromatic heterocycles. The monoisotopic (exact) mass is 731 g/mol. The highest BCUT2D eigenvalue weighted by Gasteiger charge is 2.61. The highest BCUT2D eigenvalue weighted by Crippen LogP contribution is 2.69. The summed E-state index contributed by atoms with van der Waals surface area (Å²) in [5.41, 5.74) is 17.2. The summed E-state index contributed by atoms with van der Waals surface area (Å²) in [7, 11) is 0. The molecule has 0 saturated heterocycles. The molecular weight excluding hydrogens is 687 g/mol. The van der Waals surface area contributed by atoms with Crippen LogP contribution in [0.5, 0.6) is 0 Å².